The minimum absolute atomic E-state index is 0.133. The van der Waals surface area contributed by atoms with Gasteiger partial charge in [-0.25, -0.2) is 0 Å². The van der Waals surface area contributed by atoms with Crippen molar-refractivity contribution in [1.29, 1.82) is 0 Å². The van der Waals surface area contributed by atoms with Gasteiger partial charge in [0.1, 0.15) is 5.60 Å². The van der Waals surface area contributed by atoms with Gasteiger partial charge < -0.3 is 14.8 Å². The van der Waals surface area contributed by atoms with Gasteiger partial charge in [-0.05, 0) is 37.9 Å². The van der Waals surface area contributed by atoms with Gasteiger partial charge in [-0.1, -0.05) is 0 Å². The molecule has 0 aromatic carbocycles. The fraction of sp³-hybridized carbons (Fsp3) is 0.636. The molecule has 1 saturated heterocycles. The molecule has 0 amide bonds. The van der Waals surface area contributed by atoms with E-state index in [9.17, 15) is 0 Å². The van der Waals surface area contributed by atoms with E-state index in [-0.39, 0.29) is 5.60 Å². The molecule has 0 aliphatic carbocycles. The Hall–Kier alpha value is 0.540. The summed E-state index contributed by atoms with van der Waals surface area (Å²) in [5.41, 5.74) is -0.133. The lowest BCUT2D eigenvalue weighted by Crippen LogP contribution is -2.42. The Morgan fingerprint density at radius 2 is 2.41 bits per heavy atom. The second kappa shape index (κ2) is 6.12. The van der Waals surface area contributed by atoms with Gasteiger partial charge in [0.15, 0.2) is 0 Å². The molecule has 1 fully saturated rings. The van der Waals surface area contributed by atoms with Crippen LogP contribution in [0.5, 0.6) is 0 Å². The monoisotopic (exact) mass is 383 g/mol. The van der Waals surface area contributed by atoms with Crippen molar-refractivity contribution in [2.45, 2.75) is 18.6 Å². The van der Waals surface area contributed by atoms with Crippen molar-refractivity contribution < 1.29 is 9.47 Å². The molecule has 96 valence electrons. The summed E-state index contributed by atoms with van der Waals surface area (Å²) in [6, 6.07) is 2.13. The Kier molecular flexibility index (Phi) is 5.03. The molecule has 3 nitrogen and oxygen atoms in total. The molecule has 1 aromatic heterocycles. The lowest BCUT2D eigenvalue weighted by molar-refractivity contribution is -0.0158. The van der Waals surface area contributed by atoms with Crippen LogP contribution >= 0.6 is 43.2 Å². The van der Waals surface area contributed by atoms with E-state index in [4.69, 9.17) is 9.47 Å². The van der Waals surface area contributed by atoms with E-state index in [1.54, 1.807) is 18.4 Å². The van der Waals surface area contributed by atoms with Gasteiger partial charge >= 0.3 is 0 Å². The minimum Gasteiger partial charge on any atom is -0.378 e. The highest BCUT2D eigenvalue weighted by Gasteiger charge is 2.34. The summed E-state index contributed by atoms with van der Waals surface area (Å²) in [5, 5.41) is 3.44. The highest BCUT2D eigenvalue weighted by molar-refractivity contribution is 9.13. The SMILES string of the molecule is COC1(CNCc2cc(Br)c(Br)s2)CCOC1. The van der Waals surface area contributed by atoms with E-state index in [0.29, 0.717) is 6.61 Å². The first-order chi connectivity index (χ1) is 8.15. The molecule has 1 unspecified atom stereocenters. The number of methoxy groups -OCH3 is 1. The molecular formula is C11H15Br2NO2S. The van der Waals surface area contributed by atoms with Gasteiger partial charge in [-0.3, -0.25) is 0 Å². The molecule has 1 aliphatic rings. The first-order valence-electron chi connectivity index (χ1n) is 5.42. The molecule has 0 radical (unpaired) electrons. The quantitative estimate of drug-likeness (QED) is 0.845. The molecular weight excluding hydrogens is 370 g/mol. The van der Waals surface area contributed by atoms with Gasteiger partial charge in [0, 0.05) is 42.6 Å². The third kappa shape index (κ3) is 3.52. The van der Waals surface area contributed by atoms with Crippen LogP contribution in [0, 0.1) is 0 Å². The molecule has 6 heteroatoms. The van der Waals surface area contributed by atoms with E-state index in [1.165, 1.54) is 4.88 Å². The Balaban J connectivity index is 1.82. The summed E-state index contributed by atoms with van der Waals surface area (Å²) in [6.07, 6.45) is 0.967. The lowest BCUT2D eigenvalue weighted by Gasteiger charge is -2.25. The van der Waals surface area contributed by atoms with Crippen molar-refractivity contribution in [3.05, 3.63) is 19.2 Å². The van der Waals surface area contributed by atoms with Gasteiger partial charge in [0.05, 0.1) is 10.4 Å². The second-order valence-electron chi connectivity index (χ2n) is 4.13. The van der Waals surface area contributed by atoms with Gasteiger partial charge in [0.2, 0.25) is 0 Å². The van der Waals surface area contributed by atoms with Crippen LogP contribution in [0.15, 0.2) is 14.3 Å². The molecule has 1 aromatic rings. The number of rotatable bonds is 5. The third-order valence-electron chi connectivity index (χ3n) is 2.94. The number of thiophene rings is 1. The van der Waals surface area contributed by atoms with Crippen LogP contribution in [0.25, 0.3) is 0 Å². The molecule has 17 heavy (non-hydrogen) atoms. The summed E-state index contributed by atoms with van der Waals surface area (Å²) in [6.45, 7) is 3.18. The highest BCUT2D eigenvalue weighted by Crippen LogP contribution is 2.32. The van der Waals surface area contributed by atoms with Crippen molar-refractivity contribution in [1.82, 2.24) is 5.32 Å². The lowest BCUT2D eigenvalue weighted by atomic mass is 10.0. The zero-order valence-corrected chi connectivity index (χ0v) is 13.6. The largest absolute Gasteiger partial charge is 0.378 e. The molecule has 1 N–H and O–H groups in total. The number of halogens is 2. The van der Waals surface area contributed by atoms with Crippen molar-refractivity contribution in [2.75, 3.05) is 26.9 Å². The minimum atomic E-state index is -0.133. The van der Waals surface area contributed by atoms with Crippen LogP contribution in [0.3, 0.4) is 0 Å². The molecule has 2 rings (SSSR count). The summed E-state index contributed by atoms with van der Waals surface area (Å²) in [5.74, 6) is 0. The first kappa shape index (κ1) is 14.0. The van der Waals surface area contributed by atoms with Crippen LogP contribution in [-0.4, -0.2) is 32.5 Å². The summed E-state index contributed by atoms with van der Waals surface area (Å²) < 4.78 is 13.2. The maximum absolute atomic E-state index is 5.56. The number of ether oxygens (including phenoxy) is 2. The molecule has 1 atom stereocenters. The molecule has 0 spiro atoms. The Bertz CT molecular complexity index is 358. The van der Waals surface area contributed by atoms with Crippen LogP contribution in [-0.2, 0) is 16.0 Å². The van der Waals surface area contributed by atoms with E-state index < -0.39 is 0 Å². The van der Waals surface area contributed by atoms with Gasteiger partial charge in [-0.15, -0.1) is 11.3 Å². The zero-order chi connectivity index (χ0) is 12.3. The standard InChI is InChI=1S/C11H15Br2NO2S/c1-15-11(2-3-16-7-11)6-14-5-8-4-9(12)10(13)17-8/h4,14H,2-3,5-7H2,1H3. The highest BCUT2D eigenvalue weighted by atomic mass is 79.9. The fourth-order valence-electron chi connectivity index (χ4n) is 1.85. The number of hydrogen-bond acceptors (Lipinski definition) is 4. The number of nitrogens with one attached hydrogen (secondary N) is 1. The van der Waals surface area contributed by atoms with Crippen LogP contribution < -0.4 is 5.32 Å². The number of hydrogen-bond donors (Lipinski definition) is 1. The summed E-state index contributed by atoms with van der Waals surface area (Å²) in [4.78, 5) is 1.30. The Morgan fingerprint density at radius 3 is 2.94 bits per heavy atom. The van der Waals surface area contributed by atoms with E-state index in [1.807, 2.05) is 0 Å². The normalized spacial score (nSPS) is 24.4. The molecule has 0 bridgehead atoms. The third-order valence-corrected chi connectivity index (χ3v) is 6.20. The Morgan fingerprint density at radius 1 is 1.59 bits per heavy atom. The van der Waals surface area contributed by atoms with Crippen molar-refractivity contribution in [3.8, 4) is 0 Å². The molecule has 2 heterocycles. The maximum Gasteiger partial charge on any atom is 0.106 e. The molecule has 0 saturated carbocycles. The fourth-order valence-corrected chi connectivity index (χ4v) is 4.00. The molecule has 1 aliphatic heterocycles. The predicted molar refractivity (Wildman–Crippen MR) is 76.6 cm³/mol. The van der Waals surface area contributed by atoms with Crippen molar-refractivity contribution in [2.24, 2.45) is 0 Å². The van der Waals surface area contributed by atoms with E-state index in [0.717, 1.165) is 34.4 Å². The second-order valence-corrected chi connectivity index (χ2v) is 7.44. The average Bonchev–Trinajstić information content (AvgIpc) is 2.89. The van der Waals surface area contributed by atoms with Crippen LogP contribution in [0.4, 0.5) is 0 Å². The zero-order valence-electron chi connectivity index (χ0n) is 9.59. The summed E-state index contributed by atoms with van der Waals surface area (Å²) in [7, 11) is 1.76. The Labute approximate surface area is 122 Å². The van der Waals surface area contributed by atoms with Crippen molar-refractivity contribution in [3.63, 3.8) is 0 Å². The maximum atomic E-state index is 5.56. The topological polar surface area (TPSA) is 30.5 Å². The predicted octanol–water partition coefficient (Wildman–Crippen LogP) is 3.17. The van der Waals surface area contributed by atoms with Crippen LogP contribution in [0.1, 0.15) is 11.3 Å². The van der Waals surface area contributed by atoms with E-state index >= 15 is 0 Å². The first-order valence-corrected chi connectivity index (χ1v) is 7.83. The smallest absolute Gasteiger partial charge is 0.106 e. The van der Waals surface area contributed by atoms with Crippen LogP contribution in [0.2, 0.25) is 0 Å². The van der Waals surface area contributed by atoms with Gasteiger partial charge in [-0.2, -0.15) is 0 Å². The van der Waals surface area contributed by atoms with Crippen molar-refractivity contribution >= 4 is 43.2 Å². The van der Waals surface area contributed by atoms with Gasteiger partial charge in [0.25, 0.3) is 0 Å². The van der Waals surface area contributed by atoms with E-state index in [2.05, 4.69) is 43.2 Å². The summed E-state index contributed by atoms with van der Waals surface area (Å²) >= 11 is 8.73. The average molecular weight is 385 g/mol.